The molecule has 0 saturated carbocycles. The molecule has 30 heavy (non-hydrogen) atoms. The molecule has 3 rings (SSSR count). The molecule has 0 aromatic heterocycles. The predicted molar refractivity (Wildman–Crippen MR) is 121 cm³/mol. The first-order chi connectivity index (χ1) is 14.5. The zero-order valence-electron chi connectivity index (χ0n) is 18.4. The molecule has 0 unspecified atom stereocenters. The third kappa shape index (κ3) is 6.77. The second-order valence-corrected chi connectivity index (χ2v) is 8.44. The van der Waals surface area contributed by atoms with E-state index in [1.807, 2.05) is 60.4 Å². The van der Waals surface area contributed by atoms with E-state index in [2.05, 4.69) is 19.2 Å². The number of aryl methyl sites for hydroxylation is 1. The van der Waals surface area contributed by atoms with Crippen LogP contribution in [-0.2, 0) is 11.3 Å². The van der Waals surface area contributed by atoms with Crippen LogP contribution in [-0.4, -0.2) is 36.7 Å². The van der Waals surface area contributed by atoms with Gasteiger partial charge in [-0.05, 0) is 55.4 Å². The number of rotatable bonds is 8. The Bertz CT molecular complexity index is 799. The molecule has 0 bridgehead atoms. The number of hydrogen-bond donors (Lipinski definition) is 1. The Balaban J connectivity index is 1.52. The van der Waals surface area contributed by atoms with E-state index in [0.29, 0.717) is 37.1 Å². The summed E-state index contributed by atoms with van der Waals surface area (Å²) in [6.07, 6.45) is 3.12. The quantitative estimate of drug-likeness (QED) is 0.613. The van der Waals surface area contributed by atoms with Gasteiger partial charge in [0, 0.05) is 19.7 Å². The first-order valence-electron chi connectivity index (χ1n) is 11.0. The van der Waals surface area contributed by atoms with Gasteiger partial charge in [-0.15, -0.1) is 0 Å². The van der Waals surface area contributed by atoms with Crippen LogP contribution in [0.25, 0.3) is 0 Å². The molecule has 1 heterocycles. The van der Waals surface area contributed by atoms with Crippen LogP contribution in [0.15, 0.2) is 48.5 Å². The number of nitrogens with zero attached hydrogens (tertiary/aromatic N) is 1. The monoisotopic (exact) mass is 410 g/mol. The van der Waals surface area contributed by atoms with Crippen LogP contribution in [0.5, 0.6) is 5.75 Å². The summed E-state index contributed by atoms with van der Waals surface area (Å²) in [6.45, 7) is 9.13. The molecule has 1 N–H and O–H groups in total. The number of carbonyl (C=O) groups excluding carboxylic acids is 1. The van der Waals surface area contributed by atoms with Crippen molar-refractivity contribution in [1.82, 2.24) is 4.90 Å². The highest BCUT2D eigenvalue weighted by atomic mass is 16.5. The van der Waals surface area contributed by atoms with Gasteiger partial charge in [0.25, 0.3) is 0 Å². The molecule has 5 heteroatoms. The Morgan fingerprint density at radius 1 is 1.13 bits per heavy atom. The lowest BCUT2D eigenvalue weighted by Gasteiger charge is -2.32. The average molecular weight is 411 g/mol. The number of carbonyl (C=O) groups is 1. The Morgan fingerprint density at radius 3 is 2.57 bits per heavy atom. The number of nitrogens with one attached hydrogen (secondary N) is 1. The van der Waals surface area contributed by atoms with E-state index < -0.39 is 0 Å². The van der Waals surface area contributed by atoms with Crippen molar-refractivity contribution >= 4 is 11.7 Å². The average Bonchev–Trinajstić information content (AvgIpc) is 2.75. The number of hydrogen-bond acceptors (Lipinski definition) is 3. The zero-order valence-corrected chi connectivity index (χ0v) is 18.4. The highest BCUT2D eigenvalue weighted by Crippen LogP contribution is 2.27. The fourth-order valence-electron chi connectivity index (χ4n) is 3.48. The van der Waals surface area contributed by atoms with Crippen molar-refractivity contribution < 1.29 is 14.3 Å². The van der Waals surface area contributed by atoms with E-state index >= 15 is 0 Å². The van der Waals surface area contributed by atoms with Gasteiger partial charge in [-0.3, -0.25) is 0 Å². The molecule has 1 aliphatic rings. The van der Waals surface area contributed by atoms with Crippen LogP contribution < -0.4 is 10.1 Å². The maximum absolute atomic E-state index is 12.8. The Hall–Kier alpha value is -2.53. The Kier molecular flexibility index (Phi) is 8.14. The normalized spacial score (nSPS) is 14.7. The lowest BCUT2D eigenvalue weighted by Crippen LogP contribution is -2.43. The maximum Gasteiger partial charge on any atom is 0.321 e. The molecule has 0 radical (unpaired) electrons. The summed E-state index contributed by atoms with van der Waals surface area (Å²) in [5.41, 5.74) is 2.89. The molecule has 0 aliphatic carbocycles. The molecule has 2 aromatic carbocycles. The molecule has 2 aromatic rings. The number of amides is 2. The summed E-state index contributed by atoms with van der Waals surface area (Å²) < 4.78 is 12.0. The number of benzene rings is 2. The van der Waals surface area contributed by atoms with E-state index in [0.717, 1.165) is 37.0 Å². The summed E-state index contributed by atoms with van der Waals surface area (Å²) in [6, 6.07) is 15.8. The number of urea groups is 1. The van der Waals surface area contributed by atoms with Gasteiger partial charge in [-0.1, -0.05) is 50.2 Å². The number of anilines is 1. The second-order valence-electron chi connectivity index (χ2n) is 8.44. The van der Waals surface area contributed by atoms with Gasteiger partial charge in [0.05, 0.1) is 11.8 Å². The van der Waals surface area contributed by atoms with E-state index in [-0.39, 0.29) is 12.1 Å². The predicted octanol–water partition coefficient (Wildman–Crippen LogP) is 5.63. The van der Waals surface area contributed by atoms with Crippen LogP contribution in [0, 0.1) is 12.8 Å². The van der Waals surface area contributed by atoms with E-state index in [4.69, 9.17) is 9.47 Å². The first-order valence-corrected chi connectivity index (χ1v) is 11.0. The molecule has 1 aliphatic heterocycles. The summed E-state index contributed by atoms with van der Waals surface area (Å²) in [4.78, 5) is 14.7. The minimum Gasteiger partial charge on any atom is -0.487 e. The van der Waals surface area contributed by atoms with Crippen molar-refractivity contribution in [2.75, 3.05) is 25.0 Å². The molecular weight excluding hydrogens is 376 g/mol. The van der Waals surface area contributed by atoms with Crippen molar-refractivity contribution in [3.05, 3.63) is 59.7 Å². The zero-order chi connectivity index (χ0) is 21.3. The number of piperidine rings is 1. The van der Waals surface area contributed by atoms with Crippen LogP contribution >= 0.6 is 0 Å². The van der Waals surface area contributed by atoms with E-state index in [1.165, 1.54) is 0 Å². The van der Waals surface area contributed by atoms with Gasteiger partial charge >= 0.3 is 6.03 Å². The van der Waals surface area contributed by atoms with Crippen molar-refractivity contribution in [2.45, 2.75) is 52.7 Å². The molecule has 5 nitrogen and oxygen atoms in total. The standard InChI is InChI=1S/C25H34N2O3/c1-19(2)13-16-29-22-11-14-27(15-12-22)25(28)26-23-10-9-20(3)17-24(23)30-18-21-7-5-4-6-8-21/h4-10,17,19,22H,11-16,18H2,1-3H3,(H,26,28). The van der Waals surface area contributed by atoms with E-state index in [1.54, 1.807) is 0 Å². The second kappa shape index (κ2) is 11.0. The highest BCUT2D eigenvalue weighted by molar-refractivity contribution is 5.91. The highest BCUT2D eigenvalue weighted by Gasteiger charge is 2.24. The molecule has 1 saturated heterocycles. The summed E-state index contributed by atoms with van der Waals surface area (Å²) in [5.74, 6) is 1.35. The topological polar surface area (TPSA) is 50.8 Å². The fraction of sp³-hybridized carbons (Fsp3) is 0.480. The number of likely N-dealkylation sites (tertiary alicyclic amines) is 1. The lowest BCUT2D eigenvalue weighted by atomic mass is 10.1. The number of ether oxygens (including phenoxy) is 2. The minimum absolute atomic E-state index is 0.0796. The molecule has 0 atom stereocenters. The minimum atomic E-state index is -0.0796. The van der Waals surface area contributed by atoms with Gasteiger partial charge in [0.15, 0.2) is 0 Å². The van der Waals surface area contributed by atoms with Crippen LogP contribution in [0.4, 0.5) is 10.5 Å². The fourth-order valence-corrected chi connectivity index (χ4v) is 3.48. The van der Waals surface area contributed by atoms with Gasteiger partial charge < -0.3 is 19.7 Å². The Labute approximate surface area is 180 Å². The van der Waals surface area contributed by atoms with Gasteiger partial charge in [-0.25, -0.2) is 4.79 Å². The SMILES string of the molecule is Cc1ccc(NC(=O)N2CCC(OCCC(C)C)CC2)c(OCc2ccccc2)c1. The third-order valence-corrected chi connectivity index (χ3v) is 5.39. The van der Waals surface area contributed by atoms with Crippen molar-refractivity contribution in [3.63, 3.8) is 0 Å². The molecule has 2 amide bonds. The summed E-state index contributed by atoms with van der Waals surface area (Å²) >= 11 is 0. The first kappa shape index (κ1) is 22.2. The maximum atomic E-state index is 12.8. The Morgan fingerprint density at radius 2 is 1.87 bits per heavy atom. The summed E-state index contributed by atoms with van der Waals surface area (Å²) in [5, 5.41) is 3.04. The molecule has 1 fully saturated rings. The van der Waals surface area contributed by atoms with Gasteiger partial charge in [-0.2, -0.15) is 0 Å². The third-order valence-electron chi connectivity index (χ3n) is 5.39. The van der Waals surface area contributed by atoms with Gasteiger partial charge in [0.1, 0.15) is 12.4 Å². The van der Waals surface area contributed by atoms with Crippen molar-refractivity contribution in [2.24, 2.45) is 5.92 Å². The van der Waals surface area contributed by atoms with Crippen LogP contribution in [0.2, 0.25) is 0 Å². The van der Waals surface area contributed by atoms with Gasteiger partial charge in [0.2, 0.25) is 0 Å². The molecule has 162 valence electrons. The van der Waals surface area contributed by atoms with E-state index in [9.17, 15) is 4.79 Å². The molecule has 0 spiro atoms. The van der Waals surface area contributed by atoms with Crippen LogP contribution in [0.3, 0.4) is 0 Å². The smallest absolute Gasteiger partial charge is 0.321 e. The lowest BCUT2D eigenvalue weighted by molar-refractivity contribution is 0.0112. The van der Waals surface area contributed by atoms with Crippen LogP contribution in [0.1, 0.15) is 44.2 Å². The largest absolute Gasteiger partial charge is 0.487 e. The molecular formula is C25H34N2O3. The van der Waals surface area contributed by atoms with Crippen molar-refractivity contribution in [1.29, 1.82) is 0 Å². The summed E-state index contributed by atoms with van der Waals surface area (Å²) in [7, 11) is 0. The van der Waals surface area contributed by atoms with Crippen molar-refractivity contribution in [3.8, 4) is 5.75 Å².